The molecule has 9 heteroatoms. The molecule has 2 aliphatic rings. The van der Waals surface area contributed by atoms with Gasteiger partial charge in [-0.15, -0.1) is 13.2 Å². The molecule has 6 nitrogen and oxygen atoms in total. The van der Waals surface area contributed by atoms with Crippen LogP contribution in [0.25, 0.3) is 0 Å². The van der Waals surface area contributed by atoms with Gasteiger partial charge in [-0.2, -0.15) is 0 Å². The fraction of sp³-hybridized carbons (Fsp3) is 0.529. The largest absolute Gasteiger partial charge is 0.573 e. The van der Waals surface area contributed by atoms with Crippen LogP contribution in [0.4, 0.5) is 18.9 Å². The first-order chi connectivity index (χ1) is 12.2. The highest BCUT2D eigenvalue weighted by Crippen LogP contribution is 2.41. The monoisotopic (exact) mass is 371 g/mol. The van der Waals surface area contributed by atoms with Crippen molar-refractivity contribution in [1.82, 2.24) is 5.32 Å². The highest BCUT2D eigenvalue weighted by atomic mass is 19.4. The average Bonchev–Trinajstić information content (AvgIpc) is 2.92. The number of halogens is 3. The van der Waals surface area contributed by atoms with Crippen LogP contribution < -0.4 is 20.7 Å². The van der Waals surface area contributed by atoms with Gasteiger partial charge in [0, 0.05) is 30.9 Å². The van der Waals surface area contributed by atoms with Crippen molar-refractivity contribution in [2.24, 2.45) is 11.1 Å². The van der Waals surface area contributed by atoms with Crippen LogP contribution in [0.2, 0.25) is 0 Å². The standard InChI is InChI=1S/C17H20F3N3O3/c18-17(19,20)26-13-4-1-3-12(9-13)23-8-5-11(10-23)22-15(25)16(14(21)24)6-2-7-16/h1,3-4,9,11H,2,5-8,10H2,(H2,21,24)(H,22,25). The van der Waals surface area contributed by atoms with Crippen LogP contribution >= 0.6 is 0 Å². The van der Waals surface area contributed by atoms with E-state index in [1.807, 2.05) is 4.90 Å². The van der Waals surface area contributed by atoms with Crippen LogP contribution in [0.5, 0.6) is 5.75 Å². The minimum Gasteiger partial charge on any atom is -0.406 e. The third-order valence-corrected chi connectivity index (χ3v) is 5.05. The van der Waals surface area contributed by atoms with Crippen molar-refractivity contribution in [3.05, 3.63) is 24.3 Å². The Kier molecular flexibility index (Phi) is 4.72. The Bertz CT molecular complexity index is 704. The van der Waals surface area contributed by atoms with Gasteiger partial charge >= 0.3 is 6.36 Å². The molecule has 1 heterocycles. The van der Waals surface area contributed by atoms with Crippen molar-refractivity contribution < 1.29 is 27.5 Å². The normalized spacial score (nSPS) is 21.8. The first kappa shape index (κ1) is 18.3. The predicted molar refractivity (Wildman–Crippen MR) is 87.4 cm³/mol. The van der Waals surface area contributed by atoms with Gasteiger partial charge in [-0.1, -0.05) is 12.5 Å². The Labute approximate surface area is 148 Å². The summed E-state index contributed by atoms with van der Waals surface area (Å²) < 4.78 is 41.0. The molecule has 1 aliphatic heterocycles. The number of anilines is 1. The molecule has 2 fully saturated rings. The number of carbonyl (C=O) groups excluding carboxylic acids is 2. The molecule has 3 N–H and O–H groups in total. The van der Waals surface area contributed by atoms with Gasteiger partial charge in [-0.3, -0.25) is 9.59 Å². The van der Waals surface area contributed by atoms with Gasteiger partial charge in [-0.05, 0) is 31.4 Å². The lowest BCUT2D eigenvalue weighted by atomic mass is 9.67. The van der Waals surface area contributed by atoms with Crippen LogP contribution in [0.1, 0.15) is 25.7 Å². The van der Waals surface area contributed by atoms with Crippen LogP contribution in [0.15, 0.2) is 24.3 Å². The number of hydrogen-bond acceptors (Lipinski definition) is 4. The minimum atomic E-state index is -4.74. The summed E-state index contributed by atoms with van der Waals surface area (Å²) in [5.74, 6) is -1.24. The van der Waals surface area contributed by atoms with Gasteiger partial charge < -0.3 is 20.7 Å². The molecule has 1 saturated heterocycles. The number of amides is 2. The molecule has 0 aromatic heterocycles. The summed E-state index contributed by atoms with van der Waals surface area (Å²) in [5.41, 5.74) is 4.85. The smallest absolute Gasteiger partial charge is 0.406 e. The van der Waals surface area contributed by atoms with E-state index in [2.05, 4.69) is 10.1 Å². The summed E-state index contributed by atoms with van der Waals surface area (Å²) in [6.07, 6.45) is -2.40. The molecular formula is C17H20F3N3O3. The SMILES string of the molecule is NC(=O)C1(C(=O)NC2CCN(c3cccc(OC(F)(F)F)c3)C2)CCC1. The number of benzene rings is 1. The number of hydrogen-bond donors (Lipinski definition) is 2. The van der Waals surface area contributed by atoms with Gasteiger partial charge in [0.2, 0.25) is 11.8 Å². The van der Waals surface area contributed by atoms with Crippen molar-refractivity contribution in [2.75, 3.05) is 18.0 Å². The van der Waals surface area contributed by atoms with Crippen molar-refractivity contribution in [2.45, 2.75) is 38.1 Å². The minimum absolute atomic E-state index is 0.188. The second-order valence-corrected chi connectivity index (χ2v) is 6.75. The van der Waals surface area contributed by atoms with Crippen molar-refractivity contribution in [1.29, 1.82) is 0 Å². The number of carbonyl (C=O) groups is 2. The van der Waals surface area contributed by atoms with Gasteiger partial charge in [0.05, 0.1) is 0 Å². The lowest BCUT2D eigenvalue weighted by molar-refractivity contribution is -0.274. The zero-order chi connectivity index (χ0) is 18.9. The number of alkyl halides is 3. The number of nitrogens with zero attached hydrogens (tertiary/aromatic N) is 1. The molecule has 1 atom stereocenters. The van der Waals surface area contributed by atoms with Gasteiger partial charge in [0.1, 0.15) is 11.2 Å². The highest BCUT2D eigenvalue weighted by molar-refractivity contribution is 6.05. The van der Waals surface area contributed by atoms with Crippen LogP contribution in [0.3, 0.4) is 0 Å². The Morgan fingerprint density at radius 2 is 2.04 bits per heavy atom. The summed E-state index contributed by atoms with van der Waals surface area (Å²) in [4.78, 5) is 25.9. The Hall–Kier alpha value is -2.45. The van der Waals surface area contributed by atoms with Crippen LogP contribution in [-0.2, 0) is 9.59 Å². The van der Waals surface area contributed by atoms with Gasteiger partial charge in [0.25, 0.3) is 0 Å². The average molecular weight is 371 g/mol. The van der Waals surface area contributed by atoms with E-state index in [0.717, 1.165) is 6.42 Å². The first-order valence-electron chi connectivity index (χ1n) is 8.41. The maximum absolute atomic E-state index is 12.4. The number of ether oxygens (including phenoxy) is 1. The zero-order valence-electron chi connectivity index (χ0n) is 14.0. The van der Waals surface area contributed by atoms with Crippen molar-refractivity contribution in [3.63, 3.8) is 0 Å². The third-order valence-electron chi connectivity index (χ3n) is 5.05. The number of nitrogens with two attached hydrogens (primary N) is 1. The maximum Gasteiger partial charge on any atom is 0.573 e. The molecule has 0 spiro atoms. The van der Waals surface area contributed by atoms with E-state index >= 15 is 0 Å². The van der Waals surface area contributed by atoms with Crippen LogP contribution in [-0.4, -0.2) is 37.3 Å². The molecule has 1 aliphatic carbocycles. The van der Waals surface area contributed by atoms with Crippen LogP contribution in [0, 0.1) is 5.41 Å². The molecule has 1 aromatic carbocycles. The van der Waals surface area contributed by atoms with E-state index in [-0.39, 0.29) is 17.7 Å². The number of rotatable bonds is 5. The fourth-order valence-electron chi connectivity index (χ4n) is 3.43. The fourth-order valence-corrected chi connectivity index (χ4v) is 3.43. The molecule has 0 radical (unpaired) electrons. The zero-order valence-corrected chi connectivity index (χ0v) is 14.0. The second-order valence-electron chi connectivity index (χ2n) is 6.75. The summed E-state index contributed by atoms with van der Waals surface area (Å²) in [6, 6.07) is 5.53. The molecule has 0 bridgehead atoms. The molecule has 1 saturated carbocycles. The van der Waals surface area contributed by atoms with Crippen molar-refractivity contribution in [3.8, 4) is 5.75 Å². The summed E-state index contributed by atoms with van der Waals surface area (Å²) >= 11 is 0. The van der Waals surface area contributed by atoms with E-state index in [0.29, 0.717) is 38.0 Å². The van der Waals surface area contributed by atoms with E-state index in [1.54, 1.807) is 6.07 Å². The Morgan fingerprint density at radius 1 is 1.31 bits per heavy atom. The van der Waals surface area contributed by atoms with Crippen molar-refractivity contribution >= 4 is 17.5 Å². The topological polar surface area (TPSA) is 84.7 Å². The Morgan fingerprint density at radius 3 is 2.62 bits per heavy atom. The molecule has 3 rings (SSSR count). The summed E-state index contributed by atoms with van der Waals surface area (Å²) in [5, 5.41) is 2.86. The quantitative estimate of drug-likeness (QED) is 0.775. The molecule has 2 amide bonds. The molecular weight excluding hydrogens is 351 g/mol. The van der Waals surface area contributed by atoms with E-state index in [1.165, 1.54) is 18.2 Å². The van der Waals surface area contributed by atoms with E-state index in [4.69, 9.17) is 5.73 Å². The lowest BCUT2D eigenvalue weighted by Gasteiger charge is -2.37. The highest BCUT2D eigenvalue weighted by Gasteiger charge is 2.50. The van der Waals surface area contributed by atoms with E-state index < -0.39 is 17.7 Å². The predicted octanol–water partition coefficient (Wildman–Crippen LogP) is 1.94. The summed E-state index contributed by atoms with van der Waals surface area (Å²) in [6.45, 7) is 1.01. The Balaban J connectivity index is 1.61. The summed E-state index contributed by atoms with van der Waals surface area (Å²) in [7, 11) is 0. The van der Waals surface area contributed by atoms with Gasteiger partial charge in [0.15, 0.2) is 0 Å². The molecule has 26 heavy (non-hydrogen) atoms. The molecule has 142 valence electrons. The number of nitrogens with one attached hydrogen (secondary N) is 1. The van der Waals surface area contributed by atoms with E-state index in [9.17, 15) is 22.8 Å². The second kappa shape index (κ2) is 6.69. The first-order valence-corrected chi connectivity index (χ1v) is 8.41. The van der Waals surface area contributed by atoms with Gasteiger partial charge in [-0.25, -0.2) is 0 Å². The number of primary amides is 1. The lowest BCUT2D eigenvalue weighted by Crippen LogP contribution is -2.56. The molecule has 1 aromatic rings. The molecule has 1 unspecified atom stereocenters. The maximum atomic E-state index is 12.4. The third kappa shape index (κ3) is 3.71.